The molecule has 0 saturated heterocycles. The predicted molar refractivity (Wildman–Crippen MR) is 104 cm³/mol. The summed E-state index contributed by atoms with van der Waals surface area (Å²) in [6.07, 6.45) is 5.84. The molecule has 2 aromatic carbocycles. The fourth-order valence-electron chi connectivity index (χ4n) is 3.91. The highest BCUT2D eigenvalue weighted by Crippen LogP contribution is 2.52. The molecule has 0 N–H and O–H groups in total. The number of fused-ring (bicyclic) bond motifs is 2. The molecule has 2 unspecified atom stereocenters. The van der Waals surface area contributed by atoms with Gasteiger partial charge in [0, 0.05) is 0 Å². The van der Waals surface area contributed by atoms with Gasteiger partial charge in [-0.1, -0.05) is 87.5 Å². The standard InChI is InChI=1S/C22H22O2S/c1-22(2,3)19-14-16-9-5-7-11-18(16)21(19)25(23,24)20-13-12-15-8-4-6-10-17(15)20/h4-14,20-21H,1-3H3. The molecule has 0 radical (unpaired) electrons. The first-order valence-electron chi connectivity index (χ1n) is 8.61. The van der Waals surface area contributed by atoms with Crippen molar-refractivity contribution < 1.29 is 8.42 Å². The van der Waals surface area contributed by atoms with E-state index in [2.05, 4.69) is 26.8 Å². The highest BCUT2D eigenvalue weighted by molar-refractivity contribution is 7.92. The lowest BCUT2D eigenvalue weighted by molar-refractivity contribution is 0.486. The molecule has 2 atom stereocenters. The van der Waals surface area contributed by atoms with E-state index in [4.69, 9.17) is 0 Å². The molecule has 0 amide bonds. The van der Waals surface area contributed by atoms with Gasteiger partial charge in [0.05, 0.1) is 0 Å². The van der Waals surface area contributed by atoms with Gasteiger partial charge in [0.15, 0.2) is 9.84 Å². The Morgan fingerprint density at radius 2 is 1.44 bits per heavy atom. The minimum Gasteiger partial charge on any atom is -0.227 e. The Kier molecular flexibility index (Phi) is 3.55. The second-order valence-electron chi connectivity index (χ2n) is 7.86. The monoisotopic (exact) mass is 350 g/mol. The third kappa shape index (κ3) is 2.49. The van der Waals surface area contributed by atoms with E-state index >= 15 is 0 Å². The Bertz CT molecular complexity index is 1000. The van der Waals surface area contributed by atoms with E-state index in [0.717, 1.165) is 27.8 Å². The maximum absolute atomic E-state index is 13.7. The van der Waals surface area contributed by atoms with Crippen LogP contribution in [0.1, 0.15) is 53.5 Å². The largest absolute Gasteiger partial charge is 0.227 e. The van der Waals surface area contributed by atoms with Crippen LogP contribution in [0.25, 0.3) is 12.2 Å². The van der Waals surface area contributed by atoms with Crippen molar-refractivity contribution in [3.05, 3.63) is 82.4 Å². The summed E-state index contributed by atoms with van der Waals surface area (Å²) in [6, 6.07) is 15.6. The lowest BCUT2D eigenvalue weighted by Crippen LogP contribution is -2.24. The van der Waals surface area contributed by atoms with Crippen molar-refractivity contribution in [3.63, 3.8) is 0 Å². The first kappa shape index (κ1) is 16.3. The first-order chi connectivity index (χ1) is 11.8. The van der Waals surface area contributed by atoms with Gasteiger partial charge in [-0.15, -0.1) is 0 Å². The van der Waals surface area contributed by atoms with Gasteiger partial charge in [-0.3, -0.25) is 0 Å². The zero-order chi connectivity index (χ0) is 17.8. The number of rotatable bonds is 2. The summed E-state index contributed by atoms with van der Waals surface area (Å²) in [4.78, 5) is 0. The summed E-state index contributed by atoms with van der Waals surface area (Å²) in [5.41, 5.74) is 4.59. The molecule has 2 aromatic rings. The molecule has 2 aliphatic carbocycles. The summed E-state index contributed by atoms with van der Waals surface area (Å²) in [6.45, 7) is 6.27. The second kappa shape index (κ2) is 5.43. The highest BCUT2D eigenvalue weighted by atomic mass is 32.2. The minimum absolute atomic E-state index is 0.210. The molecule has 128 valence electrons. The third-order valence-electron chi connectivity index (χ3n) is 5.17. The summed E-state index contributed by atoms with van der Waals surface area (Å²) in [5.74, 6) is 0. The Morgan fingerprint density at radius 1 is 0.840 bits per heavy atom. The number of hydrogen-bond acceptors (Lipinski definition) is 2. The molecule has 25 heavy (non-hydrogen) atoms. The molecule has 0 aliphatic heterocycles. The molecule has 0 heterocycles. The normalized spacial score (nSPS) is 21.8. The zero-order valence-electron chi connectivity index (χ0n) is 14.7. The van der Waals surface area contributed by atoms with Crippen molar-refractivity contribution in [2.24, 2.45) is 5.41 Å². The van der Waals surface area contributed by atoms with Crippen LogP contribution in [-0.4, -0.2) is 8.42 Å². The van der Waals surface area contributed by atoms with Crippen molar-refractivity contribution in [1.29, 1.82) is 0 Å². The molecule has 0 bridgehead atoms. The van der Waals surface area contributed by atoms with Gasteiger partial charge < -0.3 is 0 Å². The molecule has 2 aliphatic rings. The van der Waals surface area contributed by atoms with Crippen LogP contribution in [0.4, 0.5) is 0 Å². The van der Waals surface area contributed by atoms with Crippen LogP contribution >= 0.6 is 0 Å². The van der Waals surface area contributed by atoms with E-state index in [9.17, 15) is 8.42 Å². The van der Waals surface area contributed by atoms with Crippen LogP contribution in [-0.2, 0) is 9.84 Å². The van der Waals surface area contributed by atoms with Gasteiger partial charge in [-0.2, -0.15) is 0 Å². The van der Waals surface area contributed by atoms with E-state index in [-0.39, 0.29) is 5.41 Å². The third-order valence-corrected chi connectivity index (χ3v) is 7.46. The van der Waals surface area contributed by atoms with Crippen LogP contribution in [0.3, 0.4) is 0 Å². The fraction of sp³-hybridized carbons (Fsp3) is 0.273. The highest BCUT2D eigenvalue weighted by Gasteiger charge is 2.45. The lowest BCUT2D eigenvalue weighted by atomic mass is 9.85. The average molecular weight is 350 g/mol. The Morgan fingerprint density at radius 3 is 2.12 bits per heavy atom. The zero-order valence-corrected chi connectivity index (χ0v) is 15.5. The van der Waals surface area contributed by atoms with Crippen LogP contribution in [0, 0.1) is 5.41 Å². The van der Waals surface area contributed by atoms with Crippen molar-refractivity contribution >= 4 is 22.0 Å². The summed E-state index contributed by atoms with van der Waals surface area (Å²) < 4.78 is 27.5. The molecule has 2 nitrogen and oxygen atoms in total. The van der Waals surface area contributed by atoms with E-state index in [1.807, 2.05) is 60.7 Å². The van der Waals surface area contributed by atoms with Gasteiger partial charge in [0.1, 0.15) is 10.5 Å². The number of sulfone groups is 1. The maximum atomic E-state index is 13.7. The summed E-state index contributed by atoms with van der Waals surface area (Å²) in [5, 5.41) is -1.16. The van der Waals surface area contributed by atoms with Gasteiger partial charge in [-0.25, -0.2) is 8.42 Å². The van der Waals surface area contributed by atoms with Crippen LogP contribution < -0.4 is 0 Å². The topological polar surface area (TPSA) is 34.1 Å². The quantitative estimate of drug-likeness (QED) is 0.731. The van der Waals surface area contributed by atoms with E-state index in [1.165, 1.54) is 0 Å². The Hall–Kier alpha value is -2.13. The molecule has 0 saturated carbocycles. The fourth-order valence-corrected chi connectivity index (χ4v) is 6.41. The van der Waals surface area contributed by atoms with E-state index < -0.39 is 20.3 Å². The molecular weight excluding hydrogens is 328 g/mol. The second-order valence-corrected chi connectivity index (χ2v) is 10.0. The Labute approximate surface area is 149 Å². The molecule has 0 fully saturated rings. The lowest BCUT2D eigenvalue weighted by Gasteiger charge is -2.29. The average Bonchev–Trinajstić information content (AvgIpc) is 3.16. The number of hydrogen-bond donors (Lipinski definition) is 0. The van der Waals surface area contributed by atoms with Crippen molar-refractivity contribution in [3.8, 4) is 0 Å². The molecule has 0 spiro atoms. The van der Waals surface area contributed by atoms with Crippen molar-refractivity contribution in [1.82, 2.24) is 0 Å². The summed E-state index contributed by atoms with van der Waals surface area (Å²) >= 11 is 0. The van der Waals surface area contributed by atoms with Crippen molar-refractivity contribution in [2.45, 2.75) is 31.3 Å². The van der Waals surface area contributed by atoms with Gasteiger partial charge >= 0.3 is 0 Å². The van der Waals surface area contributed by atoms with Crippen LogP contribution in [0.5, 0.6) is 0 Å². The first-order valence-corrected chi connectivity index (χ1v) is 10.2. The smallest absolute Gasteiger partial charge is 0.171 e. The van der Waals surface area contributed by atoms with Crippen LogP contribution in [0.15, 0.2) is 60.2 Å². The van der Waals surface area contributed by atoms with Gasteiger partial charge in [0.2, 0.25) is 0 Å². The molecular formula is C22H22O2S. The Balaban J connectivity index is 1.88. The molecule has 4 rings (SSSR count). The van der Waals surface area contributed by atoms with Crippen LogP contribution in [0.2, 0.25) is 0 Å². The molecule has 0 aromatic heterocycles. The molecule has 3 heteroatoms. The van der Waals surface area contributed by atoms with Crippen molar-refractivity contribution in [2.75, 3.05) is 0 Å². The number of benzene rings is 2. The van der Waals surface area contributed by atoms with Gasteiger partial charge in [0.25, 0.3) is 0 Å². The van der Waals surface area contributed by atoms with E-state index in [1.54, 1.807) is 0 Å². The predicted octanol–water partition coefficient (Wildman–Crippen LogP) is 5.35. The van der Waals surface area contributed by atoms with E-state index in [0.29, 0.717) is 0 Å². The van der Waals surface area contributed by atoms with Gasteiger partial charge in [-0.05, 0) is 33.2 Å². The summed E-state index contributed by atoms with van der Waals surface area (Å²) in [7, 11) is -3.45. The minimum atomic E-state index is -3.45. The maximum Gasteiger partial charge on any atom is 0.171 e. The SMILES string of the molecule is CC(C)(C)C1=Cc2ccccc2C1S(=O)(=O)C1C=Cc2ccccc21.